The summed E-state index contributed by atoms with van der Waals surface area (Å²) in [5, 5.41) is 5.38. The zero-order valence-electron chi connectivity index (χ0n) is 15.3. The SMILES string of the molecule is Cc1cccc(C)c1N=C(c1ccccc1)n1nc(C=O)c2ccccc21. The van der Waals surface area contributed by atoms with Gasteiger partial charge in [-0.15, -0.1) is 0 Å². The maximum absolute atomic E-state index is 11.5. The highest BCUT2D eigenvalue weighted by Crippen LogP contribution is 2.26. The normalized spacial score (nSPS) is 11.7. The third-order valence-corrected chi connectivity index (χ3v) is 4.62. The van der Waals surface area contributed by atoms with Gasteiger partial charge in [-0.25, -0.2) is 9.67 Å². The Bertz CT molecular complexity index is 1140. The number of aliphatic imine (C=N–C) groups is 1. The van der Waals surface area contributed by atoms with Crippen LogP contribution in [-0.2, 0) is 0 Å². The number of carbonyl (C=O) groups is 1. The first-order valence-electron chi connectivity index (χ1n) is 8.82. The first-order chi connectivity index (χ1) is 13.2. The van der Waals surface area contributed by atoms with E-state index in [1.807, 2.05) is 86.6 Å². The van der Waals surface area contributed by atoms with Crippen molar-refractivity contribution in [3.63, 3.8) is 0 Å². The van der Waals surface area contributed by atoms with Crippen LogP contribution in [-0.4, -0.2) is 21.9 Å². The summed E-state index contributed by atoms with van der Waals surface area (Å²) in [6.45, 7) is 4.10. The first-order valence-corrected chi connectivity index (χ1v) is 8.82. The van der Waals surface area contributed by atoms with Gasteiger partial charge >= 0.3 is 0 Å². The number of aldehydes is 1. The number of aromatic nitrogens is 2. The van der Waals surface area contributed by atoms with Crippen LogP contribution in [0.2, 0.25) is 0 Å². The van der Waals surface area contributed by atoms with Gasteiger partial charge in [0.15, 0.2) is 12.1 Å². The number of rotatable bonds is 3. The Morgan fingerprint density at radius 2 is 1.56 bits per heavy atom. The highest BCUT2D eigenvalue weighted by atomic mass is 16.1. The van der Waals surface area contributed by atoms with Gasteiger partial charge in [-0.3, -0.25) is 4.79 Å². The van der Waals surface area contributed by atoms with Crippen LogP contribution in [0.15, 0.2) is 77.8 Å². The van der Waals surface area contributed by atoms with Gasteiger partial charge in [-0.2, -0.15) is 5.10 Å². The molecular formula is C23H19N3O. The summed E-state index contributed by atoms with van der Waals surface area (Å²) >= 11 is 0. The van der Waals surface area contributed by atoms with Crippen molar-refractivity contribution < 1.29 is 4.79 Å². The van der Waals surface area contributed by atoms with E-state index in [0.29, 0.717) is 11.5 Å². The van der Waals surface area contributed by atoms with Crippen LogP contribution in [0.25, 0.3) is 10.9 Å². The molecule has 4 heteroatoms. The summed E-state index contributed by atoms with van der Waals surface area (Å²) in [5.74, 6) is 0.692. The van der Waals surface area contributed by atoms with Gasteiger partial charge in [0.2, 0.25) is 0 Å². The molecule has 0 aliphatic carbocycles. The van der Waals surface area contributed by atoms with Gasteiger partial charge in [0.25, 0.3) is 0 Å². The minimum absolute atomic E-state index is 0.413. The number of carbonyl (C=O) groups excluding carboxylic acids is 1. The fourth-order valence-corrected chi connectivity index (χ4v) is 3.25. The predicted molar refractivity (Wildman–Crippen MR) is 109 cm³/mol. The second-order valence-corrected chi connectivity index (χ2v) is 6.47. The molecule has 0 saturated carbocycles. The summed E-state index contributed by atoms with van der Waals surface area (Å²) in [5.41, 5.74) is 5.31. The molecule has 4 rings (SSSR count). The monoisotopic (exact) mass is 353 g/mol. The molecule has 4 nitrogen and oxygen atoms in total. The van der Waals surface area contributed by atoms with Crippen LogP contribution in [0.3, 0.4) is 0 Å². The maximum Gasteiger partial charge on any atom is 0.170 e. The number of nitrogens with zero attached hydrogens (tertiary/aromatic N) is 3. The van der Waals surface area contributed by atoms with Gasteiger partial charge < -0.3 is 0 Å². The second kappa shape index (κ2) is 7.00. The maximum atomic E-state index is 11.5. The van der Waals surface area contributed by atoms with E-state index in [2.05, 4.69) is 5.10 Å². The molecule has 0 spiro atoms. The van der Waals surface area contributed by atoms with Crippen molar-refractivity contribution in [2.75, 3.05) is 0 Å². The van der Waals surface area contributed by atoms with Gasteiger partial charge in [-0.05, 0) is 31.0 Å². The quantitative estimate of drug-likeness (QED) is 0.292. The van der Waals surface area contributed by atoms with Crippen molar-refractivity contribution in [2.24, 2.45) is 4.99 Å². The molecule has 0 saturated heterocycles. The smallest absolute Gasteiger partial charge is 0.170 e. The average molecular weight is 353 g/mol. The standard InChI is InChI=1S/C23H19N3O/c1-16-9-8-10-17(2)22(16)24-23(18-11-4-3-5-12-18)26-21-14-7-6-13-19(21)20(15-27)25-26/h3-15H,1-2H3. The fourth-order valence-electron chi connectivity index (χ4n) is 3.25. The van der Waals surface area contributed by atoms with Crippen molar-refractivity contribution in [1.29, 1.82) is 0 Å². The van der Waals surface area contributed by atoms with E-state index in [9.17, 15) is 4.79 Å². The molecule has 27 heavy (non-hydrogen) atoms. The zero-order chi connectivity index (χ0) is 18.8. The number of hydrogen-bond acceptors (Lipinski definition) is 3. The predicted octanol–water partition coefficient (Wildman–Crippen LogP) is 5.09. The van der Waals surface area contributed by atoms with Crippen LogP contribution in [0.1, 0.15) is 27.2 Å². The molecule has 0 aliphatic heterocycles. The number of aryl methyl sites for hydroxylation is 2. The molecule has 0 N–H and O–H groups in total. The summed E-state index contributed by atoms with van der Waals surface area (Å²) in [6.07, 6.45) is 0.792. The van der Waals surface area contributed by atoms with Gasteiger partial charge in [-0.1, -0.05) is 66.7 Å². The van der Waals surface area contributed by atoms with Crippen LogP contribution in [0, 0.1) is 13.8 Å². The molecule has 0 fully saturated rings. The van der Waals surface area contributed by atoms with E-state index >= 15 is 0 Å². The third-order valence-electron chi connectivity index (χ3n) is 4.62. The Morgan fingerprint density at radius 1 is 0.889 bits per heavy atom. The molecule has 0 atom stereocenters. The number of para-hydroxylation sites is 2. The van der Waals surface area contributed by atoms with E-state index in [1.165, 1.54) is 0 Å². The molecule has 0 unspecified atom stereocenters. The van der Waals surface area contributed by atoms with Crippen molar-refractivity contribution in [2.45, 2.75) is 13.8 Å². The lowest BCUT2D eigenvalue weighted by Gasteiger charge is -2.11. The summed E-state index contributed by atoms with van der Waals surface area (Å²) in [7, 11) is 0. The molecule has 0 bridgehead atoms. The third kappa shape index (κ3) is 3.06. The number of hydrogen-bond donors (Lipinski definition) is 0. The Hall–Kier alpha value is -3.53. The Balaban J connectivity index is 2.04. The van der Waals surface area contributed by atoms with E-state index in [1.54, 1.807) is 4.68 Å². The largest absolute Gasteiger partial charge is 0.296 e. The van der Waals surface area contributed by atoms with Crippen molar-refractivity contribution in [3.05, 3.63) is 95.2 Å². The summed E-state index contributed by atoms with van der Waals surface area (Å²) in [4.78, 5) is 16.5. The van der Waals surface area contributed by atoms with E-state index in [4.69, 9.17) is 4.99 Å². The molecule has 1 heterocycles. The number of benzene rings is 3. The molecule has 4 aromatic rings. The molecule has 1 aromatic heterocycles. The molecule has 3 aromatic carbocycles. The average Bonchev–Trinajstić information content (AvgIpc) is 3.07. The Morgan fingerprint density at radius 3 is 2.26 bits per heavy atom. The van der Waals surface area contributed by atoms with E-state index < -0.39 is 0 Å². The lowest BCUT2D eigenvalue weighted by molar-refractivity contribution is 0.112. The molecular weight excluding hydrogens is 334 g/mol. The van der Waals surface area contributed by atoms with Gasteiger partial charge in [0, 0.05) is 10.9 Å². The molecule has 0 amide bonds. The van der Waals surface area contributed by atoms with E-state index in [-0.39, 0.29) is 0 Å². The van der Waals surface area contributed by atoms with Gasteiger partial charge in [0.1, 0.15) is 5.69 Å². The number of fused-ring (bicyclic) bond motifs is 1. The minimum atomic E-state index is 0.413. The Kier molecular flexibility index (Phi) is 4.38. The highest BCUT2D eigenvalue weighted by Gasteiger charge is 2.16. The van der Waals surface area contributed by atoms with Crippen LogP contribution in [0.5, 0.6) is 0 Å². The molecule has 132 valence electrons. The zero-order valence-corrected chi connectivity index (χ0v) is 15.3. The van der Waals surface area contributed by atoms with Gasteiger partial charge in [0.05, 0.1) is 11.2 Å². The lowest BCUT2D eigenvalue weighted by Crippen LogP contribution is -2.15. The topological polar surface area (TPSA) is 47.2 Å². The first kappa shape index (κ1) is 16.9. The highest BCUT2D eigenvalue weighted by molar-refractivity contribution is 6.08. The molecule has 0 radical (unpaired) electrons. The van der Waals surface area contributed by atoms with Crippen molar-refractivity contribution >= 4 is 28.7 Å². The fraction of sp³-hybridized carbons (Fsp3) is 0.0870. The van der Waals surface area contributed by atoms with Crippen LogP contribution in [0.4, 0.5) is 5.69 Å². The summed E-state index contributed by atoms with van der Waals surface area (Å²) < 4.78 is 1.76. The van der Waals surface area contributed by atoms with E-state index in [0.717, 1.165) is 39.6 Å². The second-order valence-electron chi connectivity index (χ2n) is 6.47. The van der Waals surface area contributed by atoms with Crippen LogP contribution < -0.4 is 0 Å². The lowest BCUT2D eigenvalue weighted by atomic mass is 10.1. The molecule has 0 aliphatic rings. The Labute approximate surface area is 157 Å². The minimum Gasteiger partial charge on any atom is -0.296 e. The summed E-state index contributed by atoms with van der Waals surface area (Å²) in [6, 6.07) is 23.8. The van der Waals surface area contributed by atoms with Crippen LogP contribution >= 0.6 is 0 Å². The van der Waals surface area contributed by atoms with Crippen molar-refractivity contribution in [1.82, 2.24) is 9.78 Å². The van der Waals surface area contributed by atoms with Crippen molar-refractivity contribution in [3.8, 4) is 0 Å².